The summed E-state index contributed by atoms with van der Waals surface area (Å²) in [7, 11) is 0. The molecule has 2 unspecified atom stereocenters. The number of hydrogen-bond donors (Lipinski definition) is 0. The predicted molar refractivity (Wildman–Crippen MR) is 78.6 cm³/mol. The Bertz CT molecular complexity index is 517. The molecule has 2 atom stereocenters. The Morgan fingerprint density at radius 3 is 2.50 bits per heavy atom. The molecule has 0 N–H and O–H groups in total. The van der Waals surface area contributed by atoms with Crippen LogP contribution in [0.3, 0.4) is 0 Å². The minimum Gasteiger partial charge on any atom is -0.406 e. The number of likely N-dealkylation sites (tertiary alicyclic amines) is 1. The lowest BCUT2D eigenvalue weighted by Crippen LogP contribution is -2.31. The molecular weight excluding hydrogens is 291 g/mol. The molecule has 3 rings (SSSR count). The molecule has 2 fully saturated rings. The number of benzene rings is 1. The molecule has 1 saturated heterocycles. The van der Waals surface area contributed by atoms with Crippen LogP contribution in [0, 0.1) is 17.8 Å². The Kier molecular flexibility index (Phi) is 4.10. The standard InChI is InChI=1S/C17H22F3NO/c1-11(2)21-9-15-14(16(15)10-21)7-6-12-4-3-5-13(8-12)22-17(18,19)20/h3-5,8,11,14-16H,6-7,9-10H2,1-2H3. The lowest BCUT2D eigenvalue weighted by molar-refractivity contribution is -0.274. The van der Waals surface area contributed by atoms with Crippen molar-refractivity contribution in [2.24, 2.45) is 17.8 Å². The highest BCUT2D eigenvalue weighted by atomic mass is 19.4. The minimum atomic E-state index is -4.62. The maximum Gasteiger partial charge on any atom is 0.573 e. The summed E-state index contributed by atoms with van der Waals surface area (Å²) in [6, 6.07) is 6.98. The highest BCUT2D eigenvalue weighted by Crippen LogP contribution is 2.54. The summed E-state index contributed by atoms with van der Waals surface area (Å²) in [5.41, 5.74) is 0.924. The van der Waals surface area contributed by atoms with Gasteiger partial charge >= 0.3 is 6.36 Å². The average Bonchev–Trinajstić information content (AvgIpc) is 2.86. The molecule has 0 radical (unpaired) electrons. The molecule has 5 heteroatoms. The van der Waals surface area contributed by atoms with Gasteiger partial charge in [0.1, 0.15) is 5.75 Å². The first kappa shape index (κ1) is 15.7. The topological polar surface area (TPSA) is 12.5 Å². The summed E-state index contributed by atoms with van der Waals surface area (Å²) in [6.07, 6.45) is -2.72. The summed E-state index contributed by atoms with van der Waals surface area (Å²) in [5.74, 6) is 2.24. The van der Waals surface area contributed by atoms with Crippen molar-refractivity contribution in [2.45, 2.75) is 39.1 Å². The Morgan fingerprint density at radius 2 is 1.91 bits per heavy atom. The number of piperidine rings is 1. The van der Waals surface area contributed by atoms with Gasteiger partial charge in [-0.25, -0.2) is 0 Å². The van der Waals surface area contributed by atoms with Gasteiger partial charge in [-0.05, 0) is 62.1 Å². The number of rotatable bonds is 5. The molecule has 1 aliphatic carbocycles. The van der Waals surface area contributed by atoms with E-state index in [2.05, 4.69) is 23.5 Å². The van der Waals surface area contributed by atoms with Gasteiger partial charge in [-0.2, -0.15) is 0 Å². The summed E-state index contributed by atoms with van der Waals surface area (Å²) >= 11 is 0. The number of fused-ring (bicyclic) bond motifs is 1. The van der Waals surface area contributed by atoms with E-state index >= 15 is 0 Å². The summed E-state index contributed by atoms with van der Waals surface area (Å²) in [5, 5.41) is 0. The normalized spacial score (nSPS) is 28.0. The average molecular weight is 313 g/mol. The van der Waals surface area contributed by atoms with E-state index in [1.165, 1.54) is 25.2 Å². The summed E-state index contributed by atoms with van der Waals surface area (Å²) in [6.45, 7) is 6.83. The molecule has 1 aliphatic heterocycles. The fourth-order valence-electron chi connectivity index (χ4n) is 3.76. The van der Waals surface area contributed by atoms with E-state index in [0.717, 1.165) is 36.2 Å². The van der Waals surface area contributed by atoms with Gasteiger partial charge in [0.15, 0.2) is 0 Å². The number of hydrogen-bond acceptors (Lipinski definition) is 2. The Balaban J connectivity index is 1.49. The second kappa shape index (κ2) is 5.76. The molecule has 1 heterocycles. The smallest absolute Gasteiger partial charge is 0.406 e. The lowest BCUT2D eigenvalue weighted by atomic mass is 10.0. The van der Waals surface area contributed by atoms with Crippen LogP contribution in [0.5, 0.6) is 5.75 Å². The zero-order valence-corrected chi connectivity index (χ0v) is 12.9. The summed E-state index contributed by atoms with van der Waals surface area (Å²) in [4.78, 5) is 2.52. The first-order chi connectivity index (χ1) is 10.3. The SMILES string of the molecule is CC(C)N1CC2C(CCc3cccc(OC(F)(F)F)c3)C2C1. The molecule has 0 aromatic heterocycles. The van der Waals surface area contributed by atoms with Gasteiger partial charge in [-0.15, -0.1) is 13.2 Å². The van der Waals surface area contributed by atoms with Crippen molar-refractivity contribution in [1.82, 2.24) is 4.90 Å². The van der Waals surface area contributed by atoms with Gasteiger partial charge in [0.05, 0.1) is 0 Å². The second-order valence-corrected chi connectivity index (χ2v) is 6.77. The van der Waals surface area contributed by atoms with Crippen LogP contribution in [-0.4, -0.2) is 30.4 Å². The fraction of sp³-hybridized carbons (Fsp3) is 0.647. The number of ether oxygens (including phenoxy) is 1. The van der Waals surface area contributed by atoms with E-state index in [-0.39, 0.29) is 5.75 Å². The van der Waals surface area contributed by atoms with Crippen LogP contribution >= 0.6 is 0 Å². The van der Waals surface area contributed by atoms with Crippen molar-refractivity contribution in [3.8, 4) is 5.75 Å². The molecule has 122 valence electrons. The minimum absolute atomic E-state index is 0.119. The fourth-order valence-corrected chi connectivity index (χ4v) is 3.76. The number of aryl methyl sites for hydroxylation is 1. The zero-order chi connectivity index (χ0) is 15.9. The molecule has 1 aromatic rings. The van der Waals surface area contributed by atoms with Gasteiger partial charge in [-0.1, -0.05) is 12.1 Å². The monoisotopic (exact) mass is 313 g/mol. The molecule has 1 saturated carbocycles. The van der Waals surface area contributed by atoms with E-state index in [0.29, 0.717) is 6.04 Å². The van der Waals surface area contributed by atoms with Crippen molar-refractivity contribution in [2.75, 3.05) is 13.1 Å². The third-order valence-electron chi connectivity index (χ3n) is 5.03. The van der Waals surface area contributed by atoms with Gasteiger partial charge in [0.25, 0.3) is 0 Å². The Hall–Kier alpha value is -1.23. The first-order valence-corrected chi connectivity index (χ1v) is 7.92. The predicted octanol–water partition coefficient (Wildman–Crippen LogP) is 4.10. The van der Waals surface area contributed by atoms with Crippen LogP contribution < -0.4 is 4.74 Å². The highest BCUT2D eigenvalue weighted by Gasteiger charge is 2.54. The van der Waals surface area contributed by atoms with Crippen molar-refractivity contribution in [3.63, 3.8) is 0 Å². The number of nitrogens with zero attached hydrogens (tertiary/aromatic N) is 1. The van der Waals surface area contributed by atoms with E-state index in [1.54, 1.807) is 6.07 Å². The molecule has 0 amide bonds. The Morgan fingerprint density at radius 1 is 1.23 bits per heavy atom. The molecule has 0 bridgehead atoms. The van der Waals surface area contributed by atoms with E-state index < -0.39 is 6.36 Å². The third-order valence-corrected chi connectivity index (χ3v) is 5.03. The molecule has 2 aliphatic rings. The van der Waals surface area contributed by atoms with Gasteiger partial charge in [0, 0.05) is 19.1 Å². The third kappa shape index (κ3) is 3.57. The van der Waals surface area contributed by atoms with Crippen molar-refractivity contribution < 1.29 is 17.9 Å². The maximum absolute atomic E-state index is 12.2. The molecule has 1 aromatic carbocycles. The lowest BCUT2D eigenvalue weighted by Gasteiger charge is -2.23. The van der Waals surface area contributed by atoms with Crippen LogP contribution in [-0.2, 0) is 6.42 Å². The Labute approximate surface area is 129 Å². The van der Waals surface area contributed by atoms with Crippen LogP contribution in [0.1, 0.15) is 25.8 Å². The van der Waals surface area contributed by atoms with Crippen molar-refractivity contribution in [1.29, 1.82) is 0 Å². The molecule has 22 heavy (non-hydrogen) atoms. The highest BCUT2D eigenvalue weighted by molar-refractivity contribution is 5.29. The van der Waals surface area contributed by atoms with Crippen LogP contribution in [0.4, 0.5) is 13.2 Å². The van der Waals surface area contributed by atoms with Gasteiger partial charge < -0.3 is 9.64 Å². The van der Waals surface area contributed by atoms with E-state index in [9.17, 15) is 13.2 Å². The summed E-state index contributed by atoms with van der Waals surface area (Å²) < 4.78 is 40.7. The van der Waals surface area contributed by atoms with Crippen LogP contribution in [0.15, 0.2) is 24.3 Å². The second-order valence-electron chi connectivity index (χ2n) is 6.77. The van der Waals surface area contributed by atoms with Crippen LogP contribution in [0.25, 0.3) is 0 Å². The van der Waals surface area contributed by atoms with Gasteiger partial charge in [-0.3, -0.25) is 0 Å². The van der Waals surface area contributed by atoms with Gasteiger partial charge in [0.2, 0.25) is 0 Å². The zero-order valence-electron chi connectivity index (χ0n) is 12.9. The maximum atomic E-state index is 12.2. The quantitative estimate of drug-likeness (QED) is 0.811. The molecule has 2 nitrogen and oxygen atoms in total. The van der Waals surface area contributed by atoms with Crippen molar-refractivity contribution in [3.05, 3.63) is 29.8 Å². The number of halogens is 3. The van der Waals surface area contributed by atoms with E-state index in [1.807, 2.05) is 6.07 Å². The van der Waals surface area contributed by atoms with E-state index in [4.69, 9.17) is 0 Å². The van der Waals surface area contributed by atoms with Crippen molar-refractivity contribution >= 4 is 0 Å². The van der Waals surface area contributed by atoms with Crippen LogP contribution in [0.2, 0.25) is 0 Å². The largest absolute Gasteiger partial charge is 0.573 e. The first-order valence-electron chi connectivity index (χ1n) is 7.92. The molecular formula is C17H22F3NO. The number of alkyl halides is 3. The molecule has 0 spiro atoms.